The van der Waals surface area contributed by atoms with E-state index in [0.717, 1.165) is 33.9 Å². The van der Waals surface area contributed by atoms with Gasteiger partial charge in [-0.1, -0.05) is 35.9 Å². The summed E-state index contributed by atoms with van der Waals surface area (Å²) in [6.07, 6.45) is 0.798. The molecule has 25 heavy (non-hydrogen) atoms. The maximum Gasteiger partial charge on any atom is 0.230 e. The lowest BCUT2D eigenvalue weighted by Gasteiger charge is -2.09. The van der Waals surface area contributed by atoms with Gasteiger partial charge in [0.1, 0.15) is 5.82 Å². The predicted octanol–water partition coefficient (Wildman–Crippen LogP) is 4.37. The molecule has 0 spiro atoms. The fourth-order valence-electron chi connectivity index (χ4n) is 2.49. The molecule has 2 aromatic carbocycles. The first-order valence-corrected chi connectivity index (χ1v) is 9.62. The highest BCUT2D eigenvalue weighted by atomic mass is 35.5. The molecule has 0 saturated heterocycles. The van der Waals surface area contributed by atoms with Crippen molar-refractivity contribution in [2.24, 2.45) is 0 Å². The summed E-state index contributed by atoms with van der Waals surface area (Å²) in [5.41, 5.74) is 3.14. The number of para-hydroxylation sites is 2. The van der Waals surface area contributed by atoms with Crippen molar-refractivity contribution >= 4 is 40.3 Å². The molecule has 4 nitrogen and oxygen atoms in total. The Bertz CT molecular complexity index is 814. The standard InChI is InChI=1S/C19H20ClN3OS/c1-13(19-22-16-4-2-3-5-17(16)23-19)25-12-18(24)21-11-10-14-6-8-15(20)9-7-14/h2-9,13H,10-12H2,1H3,(H,21,24)(H,22,23). The maximum atomic E-state index is 12.0. The summed E-state index contributed by atoms with van der Waals surface area (Å²) in [6.45, 7) is 2.68. The summed E-state index contributed by atoms with van der Waals surface area (Å²) in [6, 6.07) is 15.6. The number of hydrogen-bond donors (Lipinski definition) is 2. The molecule has 1 aromatic heterocycles. The molecule has 0 aliphatic heterocycles. The maximum absolute atomic E-state index is 12.0. The Kier molecular flexibility index (Phi) is 6.00. The van der Waals surface area contributed by atoms with Crippen LogP contribution in [0.25, 0.3) is 11.0 Å². The van der Waals surface area contributed by atoms with Crippen LogP contribution >= 0.6 is 23.4 Å². The molecule has 1 unspecified atom stereocenters. The Hall–Kier alpha value is -1.98. The van der Waals surface area contributed by atoms with E-state index in [1.165, 1.54) is 0 Å². The fraction of sp³-hybridized carbons (Fsp3) is 0.263. The van der Waals surface area contributed by atoms with Crippen molar-refractivity contribution in [1.29, 1.82) is 0 Å². The summed E-state index contributed by atoms with van der Waals surface area (Å²) in [7, 11) is 0. The van der Waals surface area contributed by atoms with Crippen LogP contribution in [0.15, 0.2) is 48.5 Å². The second-order valence-corrected chi connectivity index (χ2v) is 7.58. The SMILES string of the molecule is CC(SCC(=O)NCCc1ccc(Cl)cc1)c1nc2ccccc2[nH]1. The van der Waals surface area contributed by atoms with Crippen LogP contribution in [0.2, 0.25) is 5.02 Å². The quantitative estimate of drug-likeness (QED) is 0.646. The van der Waals surface area contributed by atoms with Gasteiger partial charge in [0.25, 0.3) is 0 Å². The van der Waals surface area contributed by atoms with Crippen LogP contribution in [0, 0.1) is 0 Å². The van der Waals surface area contributed by atoms with Gasteiger partial charge in [0.2, 0.25) is 5.91 Å². The predicted molar refractivity (Wildman–Crippen MR) is 105 cm³/mol. The molecule has 2 N–H and O–H groups in total. The van der Waals surface area contributed by atoms with Crippen molar-refractivity contribution in [3.05, 3.63) is 64.9 Å². The van der Waals surface area contributed by atoms with Gasteiger partial charge in [0.05, 0.1) is 22.0 Å². The number of halogens is 1. The highest BCUT2D eigenvalue weighted by molar-refractivity contribution is 8.00. The molecule has 0 aliphatic carbocycles. The average Bonchev–Trinajstić information content (AvgIpc) is 3.05. The van der Waals surface area contributed by atoms with Crippen molar-refractivity contribution in [2.75, 3.05) is 12.3 Å². The molecule has 0 bridgehead atoms. The van der Waals surface area contributed by atoms with Crippen LogP contribution < -0.4 is 5.32 Å². The van der Waals surface area contributed by atoms with Crippen LogP contribution in [0.1, 0.15) is 23.6 Å². The summed E-state index contributed by atoms with van der Waals surface area (Å²) in [5.74, 6) is 1.36. The first-order chi connectivity index (χ1) is 12.1. The molecule has 3 rings (SSSR count). The normalized spacial score (nSPS) is 12.2. The molecule has 1 amide bonds. The molecule has 1 heterocycles. The van der Waals surface area contributed by atoms with Gasteiger partial charge < -0.3 is 10.3 Å². The van der Waals surface area contributed by atoms with Crippen LogP contribution in [-0.4, -0.2) is 28.2 Å². The van der Waals surface area contributed by atoms with Crippen LogP contribution in [0.4, 0.5) is 0 Å². The molecule has 0 saturated carbocycles. The first-order valence-electron chi connectivity index (χ1n) is 8.19. The summed E-state index contributed by atoms with van der Waals surface area (Å²) in [5, 5.41) is 3.82. The van der Waals surface area contributed by atoms with Gasteiger partial charge in [-0.25, -0.2) is 4.98 Å². The number of imidazole rings is 1. The largest absolute Gasteiger partial charge is 0.355 e. The van der Waals surface area contributed by atoms with E-state index in [-0.39, 0.29) is 11.2 Å². The van der Waals surface area contributed by atoms with E-state index in [1.54, 1.807) is 11.8 Å². The van der Waals surface area contributed by atoms with Crippen molar-refractivity contribution in [3.63, 3.8) is 0 Å². The van der Waals surface area contributed by atoms with Gasteiger partial charge in [0.15, 0.2) is 0 Å². The summed E-state index contributed by atoms with van der Waals surface area (Å²) < 4.78 is 0. The van der Waals surface area contributed by atoms with Gasteiger partial charge in [0, 0.05) is 11.6 Å². The lowest BCUT2D eigenvalue weighted by molar-refractivity contribution is -0.118. The molecule has 1 atom stereocenters. The molecule has 0 radical (unpaired) electrons. The third-order valence-electron chi connectivity index (χ3n) is 3.91. The number of nitrogens with zero attached hydrogens (tertiary/aromatic N) is 1. The number of rotatable bonds is 7. The Morgan fingerprint density at radius 3 is 2.76 bits per heavy atom. The highest BCUT2D eigenvalue weighted by Gasteiger charge is 2.13. The number of hydrogen-bond acceptors (Lipinski definition) is 3. The van der Waals surface area contributed by atoms with E-state index in [9.17, 15) is 4.79 Å². The zero-order chi connectivity index (χ0) is 17.6. The summed E-state index contributed by atoms with van der Waals surface area (Å²) in [4.78, 5) is 19.9. The van der Waals surface area contributed by atoms with E-state index < -0.39 is 0 Å². The lowest BCUT2D eigenvalue weighted by atomic mass is 10.1. The number of amides is 1. The van der Waals surface area contributed by atoms with Crippen molar-refractivity contribution in [2.45, 2.75) is 18.6 Å². The first kappa shape index (κ1) is 17.8. The number of aromatic nitrogens is 2. The summed E-state index contributed by atoms with van der Waals surface area (Å²) >= 11 is 7.44. The molecule has 3 aromatic rings. The Morgan fingerprint density at radius 2 is 2.00 bits per heavy atom. The lowest BCUT2D eigenvalue weighted by Crippen LogP contribution is -2.27. The molecule has 6 heteroatoms. The second kappa shape index (κ2) is 8.41. The Labute approximate surface area is 156 Å². The van der Waals surface area contributed by atoms with Gasteiger partial charge in [-0.15, -0.1) is 11.8 Å². The van der Waals surface area contributed by atoms with E-state index in [4.69, 9.17) is 11.6 Å². The number of fused-ring (bicyclic) bond motifs is 1. The second-order valence-electron chi connectivity index (χ2n) is 5.82. The molecule has 130 valence electrons. The Balaban J connectivity index is 1.42. The number of carbonyl (C=O) groups excluding carboxylic acids is 1. The number of nitrogens with one attached hydrogen (secondary N) is 2. The van der Waals surface area contributed by atoms with Gasteiger partial charge in [-0.2, -0.15) is 0 Å². The van der Waals surface area contributed by atoms with Crippen LogP contribution in [0.5, 0.6) is 0 Å². The number of carbonyl (C=O) groups is 1. The number of benzene rings is 2. The van der Waals surface area contributed by atoms with Crippen molar-refractivity contribution in [1.82, 2.24) is 15.3 Å². The molecule has 0 aliphatic rings. The van der Waals surface area contributed by atoms with Crippen LogP contribution in [0.3, 0.4) is 0 Å². The molecular weight excluding hydrogens is 354 g/mol. The minimum absolute atomic E-state index is 0.0434. The minimum Gasteiger partial charge on any atom is -0.355 e. The van der Waals surface area contributed by atoms with Gasteiger partial charge >= 0.3 is 0 Å². The third kappa shape index (κ3) is 5.00. The van der Waals surface area contributed by atoms with E-state index in [0.29, 0.717) is 12.3 Å². The van der Waals surface area contributed by atoms with Crippen molar-refractivity contribution < 1.29 is 4.79 Å². The number of aromatic amines is 1. The average molecular weight is 374 g/mol. The van der Waals surface area contributed by atoms with Gasteiger partial charge in [-0.3, -0.25) is 4.79 Å². The molecule has 0 fully saturated rings. The molecular formula is C19H20ClN3OS. The number of H-pyrrole nitrogens is 1. The smallest absolute Gasteiger partial charge is 0.230 e. The van der Waals surface area contributed by atoms with E-state index in [1.807, 2.05) is 48.5 Å². The highest BCUT2D eigenvalue weighted by Crippen LogP contribution is 2.27. The van der Waals surface area contributed by atoms with Crippen molar-refractivity contribution in [3.8, 4) is 0 Å². The topological polar surface area (TPSA) is 57.8 Å². The monoisotopic (exact) mass is 373 g/mol. The van der Waals surface area contributed by atoms with Crippen LogP contribution in [-0.2, 0) is 11.2 Å². The zero-order valence-electron chi connectivity index (χ0n) is 14.0. The van der Waals surface area contributed by atoms with Gasteiger partial charge in [-0.05, 0) is 43.2 Å². The zero-order valence-corrected chi connectivity index (χ0v) is 15.5. The number of thioether (sulfide) groups is 1. The van der Waals surface area contributed by atoms with E-state index in [2.05, 4.69) is 22.2 Å². The Morgan fingerprint density at radius 1 is 1.24 bits per heavy atom. The fourth-order valence-corrected chi connectivity index (χ4v) is 3.39. The van der Waals surface area contributed by atoms with E-state index >= 15 is 0 Å². The minimum atomic E-state index is 0.0434. The third-order valence-corrected chi connectivity index (χ3v) is 5.31.